The van der Waals surface area contributed by atoms with E-state index in [1.807, 2.05) is 12.3 Å². The molecular formula is C16H18N2O. The highest BCUT2D eigenvalue weighted by Gasteiger charge is 2.45. The molecule has 1 spiro atoms. The molecule has 3 nitrogen and oxygen atoms in total. The Kier molecular flexibility index (Phi) is 2.57. The van der Waals surface area contributed by atoms with Crippen molar-refractivity contribution in [1.29, 1.82) is 0 Å². The van der Waals surface area contributed by atoms with E-state index in [2.05, 4.69) is 34.1 Å². The molecular weight excluding hydrogens is 236 g/mol. The van der Waals surface area contributed by atoms with Crippen molar-refractivity contribution >= 4 is 10.9 Å². The summed E-state index contributed by atoms with van der Waals surface area (Å²) in [7, 11) is 0. The van der Waals surface area contributed by atoms with Crippen molar-refractivity contribution < 1.29 is 4.74 Å². The van der Waals surface area contributed by atoms with Crippen LogP contribution in [0.4, 0.5) is 0 Å². The van der Waals surface area contributed by atoms with Gasteiger partial charge < -0.3 is 4.74 Å². The summed E-state index contributed by atoms with van der Waals surface area (Å²) < 4.78 is 5.53. The lowest BCUT2D eigenvalue weighted by molar-refractivity contribution is -0.0121. The van der Waals surface area contributed by atoms with Crippen molar-refractivity contribution in [3.63, 3.8) is 0 Å². The summed E-state index contributed by atoms with van der Waals surface area (Å²) in [5.41, 5.74) is 2.96. The number of rotatable bonds is 2. The number of likely N-dealkylation sites (tertiary alicyclic amines) is 1. The quantitative estimate of drug-likeness (QED) is 0.823. The van der Waals surface area contributed by atoms with Crippen LogP contribution in [0.25, 0.3) is 10.9 Å². The number of pyridine rings is 1. The van der Waals surface area contributed by atoms with E-state index in [4.69, 9.17) is 4.74 Å². The Morgan fingerprint density at radius 1 is 1.21 bits per heavy atom. The molecule has 19 heavy (non-hydrogen) atoms. The van der Waals surface area contributed by atoms with E-state index in [1.165, 1.54) is 30.5 Å². The normalized spacial score (nSPS) is 21.9. The van der Waals surface area contributed by atoms with Gasteiger partial charge in [-0.05, 0) is 24.1 Å². The number of fused-ring (bicyclic) bond motifs is 1. The highest BCUT2D eigenvalue weighted by Crippen LogP contribution is 2.39. The van der Waals surface area contributed by atoms with E-state index in [9.17, 15) is 0 Å². The Morgan fingerprint density at radius 2 is 2.16 bits per heavy atom. The Bertz CT molecular complexity index is 591. The number of ether oxygens (including phenoxy) is 1. The Labute approximate surface area is 113 Å². The lowest BCUT2D eigenvalue weighted by Crippen LogP contribution is -2.56. The third-order valence-electron chi connectivity index (χ3n) is 4.43. The third-order valence-corrected chi connectivity index (χ3v) is 4.43. The van der Waals surface area contributed by atoms with Crippen LogP contribution in [0, 0.1) is 5.41 Å². The van der Waals surface area contributed by atoms with E-state index < -0.39 is 0 Å². The molecule has 2 saturated heterocycles. The molecule has 3 heteroatoms. The minimum atomic E-state index is 0.475. The summed E-state index contributed by atoms with van der Waals surface area (Å²) in [5, 5.41) is 1.29. The first-order valence-electron chi connectivity index (χ1n) is 6.97. The molecule has 0 amide bonds. The van der Waals surface area contributed by atoms with Gasteiger partial charge in [-0.3, -0.25) is 9.88 Å². The summed E-state index contributed by atoms with van der Waals surface area (Å²) in [6, 6.07) is 10.6. The fourth-order valence-corrected chi connectivity index (χ4v) is 3.46. The van der Waals surface area contributed by atoms with Gasteiger partial charge in [0.1, 0.15) is 0 Å². The molecule has 2 aliphatic heterocycles. The van der Waals surface area contributed by atoms with Crippen LogP contribution in [0.1, 0.15) is 12.0 Å². The average Bonchev–Trinajstić information content (AvgIpc) is 2.88. The predicted molar refractivity (Wildman–Crippen MR) is 74.9 cm³/mol. The zero-order valence-corrected chi connectivity index (χ0v) is 11.0. The topological polar surface area (TPSA) is 25.4 Å². The zero-order chi connectivity index (χ0) is 12.7. The second-order valence-corrected chi connectivity index (χ2v) is 5.93. The van der Waals surface area contributed by atoms with Gasteiger partial charge in [-0.25, -0.2) is 0 Å². The molecule has 0 bridgehead atoms. The van der Waals surface area contributed by atoms with Crippen molar-refractivity contribution in [2.24, 2.45) is 5.41 Å². The van der Waals surface area contributed by atoms with Gasteiger partial charge in [-0.15, -0.1) is 0 Å². The first-order chi connectivity index (χ1) is 9.35. The smallest absolute Gasteiger partial charge is 0.0705 e. The van der Waals surface area contributed by atoms with Crippen molar-refractivity contribution in [3.8, 4) is 0 Å². The molecule has 0 atom stereocenters. The number of hydrogen-bond acceptors (Lipinski definition) is 3. The van der Waals surface area contributed by atoms with Gasteiger partial charge in [0, 0.05) is 43.2 Å². The van der Waals surface area contributed by atoms with Gasteiger partial charge in [0.15, 0.2) is 0 Å². The van der Waals surface area contributed by atoms with Crippen LogP contribution in [0.2, 0.25) is 0 Å². The van der Waals surface area contributed by atoms with Crippen LogP contribution < -0.4 is 0 Å². The van der Waals surface area contributed by atoms with Crippen molar-refractivity contribution in [1.82, 2.24) is 9.88 Å². The highest BCUT2D eigenvalue weighted by molar-refractivity contribution is 5.81. The van der Waals surface area contributed by atoms with E-state index in [-0.39, 0.29) is 0 Å². The van der Waals surface area contributed by atoms with Gasteiger partial charge >= 0.3 is 0 Å². The lowest BCUT2D eigenvalue weighted by Gasteiger charge is -2.47. The van der Waals surface area contributed by atoms with Crippen molar-refractivity contribution in [3.05, 3.63) is 42.1 Å². The second kappa shape index (κ2) is 4.29. The van der Waals surface area contributed by atoms with Crippen molar-refractivity contribution in [2.75, 3.05) is 26.3 Å². The molecule has 0 radical (unpaired) electrons. The van der Waals surface area contributed by atoms with Gasteiger partial charge in [0.05, 0.1) is 12.1 Å². The van der Waals surface area contributed by atoms with Gasteiger partial charge in [0.25, 0.3) is 0 Å². The first kappa shape index (κ1) is 11.4. The molecule has 0 aliphatic carbocycles. The molecule has 2 fully saturated rings. The molecule has 0 unspecified atom stereocenters. The Hall–Kier alpha value is -1.45. The first-order valence-corrected chi connectivity index (χ1v) is 6.97. The molecule has 98 valence electrons. The Morgan fingerprint density at radius 3 is 3.00 bits per heavy atom. The molecule has 1 aromatic carbocycles. The molecule has 0 N–H and O–H groups in total. The lowest BCUT2D eigenvalue weighted by atomic mass is 9.79. The minimum absolute atomic E-state index is 0.475. The molecule has 1 aromatic heterocycles. The fraction of sp³-hybridized carbons (Fsp3) is 0.438. The third kappa shape index (κ3) is 1.94. The highest BCUT2D eigenvalue weighted by atomic mass is 16.5. The molecule has 3 heterocycles. The van der Waals surface area contributed by atoms with Crippen LogP contribution >= 0.6 is 0 Å². The number of aromatic nitrogens is 1. The number of hydrogen-bond donors (Lipinski definition) is 0. The Balaban J connectivity index is 1.53. The molecule has 2 aromatic rings. The van der Waals surface area contributed by atoms with E-state index in [0.717, 1.165) is 25.3 Å². The minimum Gasteiger partial charge on any atom is -0.381 e. The summed E-state index contributed by atoms with van der Waals surface area (Å²) >= 11 is 0. The fourth-order valence-electron chi connectivity index (χ4n) is 3.46. The summed E-state index contributed by atoms with van der Waals surface area (Å²) in [4.78, 5) is 6.95. The van der Waals surface area contributed by atoms with Gasteiger partial charge in [-0.1, -0.05) is 18.2 Å². The maximum absolute atomic E-state index is 5.53. The van der Waals surface area contributed by atoms with E-state index in [1.54, 1.807) is 0 Å². The van der Waals surface area contributed by atoms with Crippen LogP contribution in [0.5, 0.6) is 0 Å². The zero-order valence-electron chi connectivity index (χ0n) is 11.0. The SMILES string of the molecule is c1cc(CN2CC3(CCOC3)C2)c2cccnc2c1. The second-order valence-electron chi connectivity index (χ2n) is 5.93. The van der Waals surface area contributed by atoms with Crippen LogP contribution in [-0.2, 0) is 11.3 Å². The maximum Gasteiger partial charge on any atom is 0.0705 e. The largest absolute Gasteiger partial charge is 0.381 e. The molecule has 4 rings (SSSR count). The number of benzene rings is 1. The van der Waals surface area contributed by atoms with Crippen LogP contribution in [0.3, 0.4) is 0 Å². The molecule has 2 aliphatic rings. The standard InChI is InChI=1S/C16H18N2O/c1-3-13(14-4-2-7-17-15(14)5-1)9-18-10-16(11-18)6-8-19-12-16/h1-5,7H,6,8-12H2. The summed E-state index contributed by atoms with van der Waals surface area (Å²) in [6.45, 7) is 5.31. The summed E-state index contributed by atoms with van der Waals surface area (Å²) in [5.74, 6) is 0. The average molecular weight is 254 g/mol. The predicted octanol–water partition coefficient (Wildman–Crippen LogP) is 2.46. The monoisotopic (exact) mass is 254 g/mol. The van der Waals surface area contributed by atoms with Gasteiger partial charge in [0.2, 0.25) is 0 Å². The maximum atomic E-state index is 5.53. The molecule has 0 saturated carbocycles. The van der Waals surface area contributed by atoms with E-state index in [0.29, 0.717) is 5.41 Å². The van der Waals surface area contributed by atoms with Gasteiger partial charge in [-0.2, -0.15) is 0 Å². The number of nitrogens with zero attached hydrogens (tertiary/aromatic N) is 2. The van der Waals surface area contributed by atoms with Crippen LogP contribution in [-0.4, -0.2) is 36.2 Å². The van der Waals surface area contributed by atoms with Crippen LogP contribution in [0.15, 0.2) is 36.5 Å². The van der Waals surface area contributed by atoms with E-state index >= 15 is 0 Å². The van der Waals surface area contributed by atoms with Crippen molar-refractivity contribution in [2.45, 2.75) is 13.0 Å². The summed E-state index contributed by atoms with van der Waals surface area (Å²) in [6.07, 6.45) is 3.10.